The highest BCUT2D eigenvalue weighted by atomic mass is 16.3. The molecule has 1 saturated heterocycles. The molecular weight excluding hydrogens is 308 g/mol. The van der Waals surface area contributed by atoms with Gasteiger partial charge in [0.25, 0.3) is 5.91 Å². The molecule has 2 heterocycles. The Hall–Kier alpha value is -2.57. The molecule has 2 aromatic rings. The van der Waals surface area contributed by atoms with E-state index in [4.69, 9.17) is 0 Å². The molecule has 1 N–H and O–H groups in total. The zero-order valence-corrected chi connectivity index (χ0v) is 14.0. The Kier molecular flexibility index (Phi) is 4.42. The third kappa shape index (κ3) is 2.93. The summed E-state index contributed by atoms with van der Waals surface area (Å²) in [6.45, 7) is 3.74. The number of aryl methyl sites for hydroxylation is 1. The second kappa shape index (κ2) is 6.51. The van der Waals surface area contributed by atoms with Gasteiger partial charge in [-0.15, -0.1) is 0 Å². The third-order valence-electron chi connectivity index (χ3n) is 4.54. The summed E-state index contributed by atoms with van der Waals surface area (Å²) < 4.78 is 3.04. The van der Waals surface area contributed by atoms with Crippen LogP contribution >= 0.6 is 0 Å². The van der Waals surface area contributed by atoms with Crippen LogP contribution in [0.5, 0.6) is 5.75 Å². The number of piperidine rings is 1. The molecule has 3 rings (SSSR count). The number of phenols is 1. The van der Waals surface area contributed by atoms with Crippen LogP contribution in [0.2, 0.25) is 0 Å². The molecule has 1 aromatic carbocycles. The highest BCUT2D eigenvalue weighted by Gasteiger charge is 2.29. The van der Waals surface area contributed by atoms with Crippen LogP contribution in [0, 0.1) is 0 Å². The van der Waals surface area contributed by atoms with Gasteiger partial charge in [-0.3, -0.25) is 9.36 Å². The molecule has 0 aliphatic carbocycles. The first-order chi connectivity index (χ1) is 11.5. The molecule has 0 unspecified atom stereocenters. The Morgan fingerprint density at radius 2 is 2.04 bits per heavy atom. The molecule has 1 atom stereocenters. The predicted molar refractivity (Wildman–Crippen MR) is 89.1 cm³/mol. The van der Waals surface area contributed by atoms with Gasteiger partial charge in [0, 0.05) is 38.2 Å². The van der Waals surface area contributed by atoms with E-state index in [1.165, 1.54) is 16.8 Å². The number of nitrogens with zero attached hydrogens (tertiary/aromatic N) is 4. The predicted octanol–water partition coefficient (Wildman–Crippen LogP) is 1.33. The molecule has 1 fully saturated rings. The van der Waals surface area contributed by atoms with E-state index in [1.54, 1.807) is 28.6 Å². The normalized spacial score (nSPS) is 17.9. The maximum absolute atomic E-state index is 12.7. The van der Waals surface area contributed by atoms with E-state index in [0.717, 1.165) is 18.7 Å². The SMILES string of the molecule is CCn1c([C@@H]2CCCN(C(=O)c3ccc(O)cc3)C2)nn(C)c1=O. The molecule has 128 valence electrons. The van der Waals surface area contributed by atoms with Crippen molar-refractivity contribution < 1.29 is 9.90 Å². The summed E-state index contributed by atoms with van der Waals surface area (Å²) >= 11 is 0. The van der Waals surface area contributed by atoms with Crippen LogP contribution in [0.4, 0.5) is 0 Å². The van der Waals surface area contributed by atoms with Crippen molar-refractivity contribution >= 4 is 5.91 Å². The fraction of sp³-hybridized carbons (Fsp3) is 0.471. The molecule has 1 aliphatic heterocycles. The van der Waals surface area contributed by atoms with Gasteiger partial charge < -0.3 is 10.0 Å². The molecular formula is C17H22N4O3. The number of benzene rings is 1. The number of carbonyl (C=O) groups is 1. The highest BCUT2D eigenvalue weighted by Crippen LogP contribution is 2.26. The summed E-state index contributed by atoms with van der Waals surface area (Å²) in [6.07, 6.45) is 1.79. The lowest BCUT2D eigenvalue weighted by atomic mass is 9.96. The summed E-state index contributed by atoms with van der Waals surface area (Å²) in [5.74, 6) is 0.909. The second-order valence-corrected chi connectivity index (χ2v) is 6.15. The van der Waals surface area contributed by atoms with E-state index in [-0.39, 0.29) is 23.3 Å². The van der Waals surface area contributed by atoms with Crippen LogP contribution < -0.4 is 5.69 Å². The minimum atomic E-state index is -0.116. The molecule has 1 aliphatic rings. The van der Waals surface area contributed by atoms with Crippen molar-refractivity contribution in [2.75, 3.05) is 13.1 Å². The minimum absolute atomic E-state index is 0.0546. The zero-order valence-electron chi connectivity index (χ0n) is 14.0. The zero-order chi connectivity index (χ0) is 17.3. The molecule has 0 spiro atoms. The smallest absolute Gasteiger partial charge is 0.345 e. The van der Waals surface area contributed by atoms with Gasteiger partial charge in [0.2, 0.25) is 0 Å². The van der Waals surface area contributed by atoms with Crippen LogP contribution in [0.25, 0.3) is 0 Å². The summed E-state index contributed by atoms with van der Waals surface area (Å²) in [5, 5.41) is 13.7. The van der Waals surface area contributed by atoms with Crippen LogP contribution in [0.15, 0.2) is 29.1 Å². The van der Waals surface area contributed by atoms with Crippen molar-refractivity contribution in [1.82, 2.24) is 19.2 Å². The van der Waals surface area contributed by atoms with Crippen LogP contribution in [0.1, 0.15) is 41.9 Å². The number of aromatic nitrogens is 3. The van der Waals surface area contributed by atoms with Crippen LogP contribution in [-0.4, -0.2) is 43.4 Å². The van der Waals surface area contributed by atoms with Crippen LogP contribution in [-0.2, 0) is 13.6 Å². The molecule has 1 aromatic heterocycles. The number of aromatic hydroxyl groups is 1. The fourth-order valence-corrected chi connectivity index (χ4v) is 3.28. The summed E-state index contributed by atoms with van der Waals surface area (Å²) in [5.41, 5.74) is 0.442. The lowest BCUT2D eigenvalue weighted by Crippen LogP contribution is -2.40. The average Bonchev–Trinajstić information content (AvgIpc) is 2.89. The first kappa shape index (κ1) is 16.3. The first-order valence-electron chi connectivity index (χ1n) is 8.23. The van der Waals surface area contributed by atoms with Gasteiger partial charge in [-0.1, -0.05) is 0 Å². The van der Waals surface area contributed by atoms with Gasteiger partial charge in [-0.05, 0) is 44.0 Å². The average molecular weight is 330 g/mol. The Morgan fingerprint density at radius 1 is 1.33 bits per heavy atom. The van der Waals surface area contributed by atoms with Crippen molar-refractivity contribution in [3.05, 3.63) is 46.1 Å². The van der Waals surface area contributed by atoms with Crippen molar-refractivity contribution in [3.8, 4) is 5.75 Å². The van der Waals surface area contributed by atoms with Gasteiger partial charge >= 0.3 is 5.69 Å². The van der Waals surface area contributed by atoms with Gasteiger partial charge in [-0.2, -0.15) is 5.10 Å². The monoisotopic (exact) mass is 330 g/mol. The number of phenolic OH excluding ortho intramolecular Hbond substituents is 1. The molecule has 0 bridgehead atoms. The Bertz CT molecular complexity index is 791. The van der Waals surface area contributed by atoms with Gasteiger partial charge in [0.1, 0.15) is 11.6 Å². The summed E-state index contributed by atoms with van der Waals surface area (Å²) in [7, 11) is 1.65. The number of rotatable bonds is 3. The van der Waals surface area contributed by atoms with E-state index >= 15 is 0 Å². The van der Waals surface area contributed by atoms with Crippen molar-refractivity contribution in [3.63, 3.8) is 0 Å². The lowest BCUT2D eigenvalue weighted by Gasteiger charge is -2.32. The number of likely N-dealkylation sites (tertiary alicyclic amines) is 1. The van der Waals surface area contributed by atoms with Crippen LogP contribution in [0.3, 0.4) is 0 Å². The van der Waals surface area contributed by atoms with E-state index in [9.17, 15) is 14.7 Å². The Balaban J connectivity index is 1.82. The standard InChI is InChI=1S/C17H22N4O3/c1-3-21-15(18-19(2)17(21)24)13-5-4-10-20(11-13)16(23)12-6-8-14(22)9-7-12/h6-9,13,22H,3-5,10-11H2,1-2H3/t13-/m1/s1. The molecule has 24 heavy (non-hydrogen) atoms. The largest absolute Gasteiger partial charge is 0.508 e. The minimum Gasteiger partial charge on any atom is -0.508 e. The quantitative estimate of drug-likeness (QED) is 0.920. The van der Waals surface area contributed by atoms with Crippen molar-refractivity contribution in [1.29, 1.82) is 0 Å². The number of hydrogen-bond donors (Lipinski definition) is 1. The Morgan fingerprint density at radius 3 is 2.71 bits per heavy atom. The topological polar surface area (TPSA) is 80.4 Å². The fourth-order valence-electron chi connectivity index (χ4n) is 3.28. The van der Waals surface area contributed by atoms with Gasteiger partial charge in [0.05, 0.1) is 0 Å². The number of carbonyl (C=O) groups excluding carboxylic acids is 1. The molecule has 7 nitrogen and oxygen atoms in total. The number of hydrogen-bond acceptors (Lipinski definition) is 4. The van der Waals surface area contributed by atoms with E-state index < -0.39 is 0 Å². The van der Waals surface area contributed by atoms with E-state index in [2.05, 4.69) is 5.10 Å². The second-order valence-electron chi connectivity index (χ2n) is 6.15. The van der Waals surface area contributed by atoms with Crippen molar-refractivity contribution in [2.45, 2.75) is 32.2 Å². The number of amides is 1. The molecule has 1 amide bonds. The van der Waals surface area contributed by atoms with Crippen molar-refractivity contribution in [2.24, 2.45) is 7.05 Å². The summed E-state index contributed by atoms with van der Waals surface area (Å²) in [6, 6.07) is 6.29. The Labute approximate surface area is 140 Å². The third-order valence-corrected chi connectivity index (χ3v) is 4.54. The van der Waals surface area contributed by atoms with Gasteiger partial charge in [0.15, 0.2) is 0 Å². The highest BCUT2D eigenvalue weighted by molar-refractivity contribution is 5.94. The van der Waals surface area contributed by atoms with E-state index in [1.807, 2.05) is 6.92 Å². The maximum Gasteiger partial charge on any atom is 0.345 e. The molecule has 7 heteroatoms. The summed E-state index contributed by atoms with van der Waals surface area (Å²) in [4.78, 5) is 26.6. The first-order valence-corrected chi connectivity index (χ1v) is 8.23. The molecule has 0 saturated carbocycles. The lowest BCUT2D eigenvalue weighted by molar-refractivity contribution is 0.0703. The van der Waals surface area contributed by atoms with Gasteiger partial charge in [-0.25, -0.2) is 9.48 Å². The maximum atomic E-state index is 12.7. The molecule has 0 radical (unpaired) electrons. The van der Waals surface area contributed by atoms with E-state index in [0.29, 0.717) is 25.2 Å².